The molecule has 0 aromatic carbocycles. The van der Waals surface area contributed by atoms with Crippen LogP contribution in [0.1, 0.15) is 11.3 Å². The van der Waals surface area contributed by atoms with Crippen LogP contribution in [-0.4, -0.2) is 33.0 Å². The minimum absolute atomic E-state index is 0.0174. The molecule has 3 heterocycles. The van der Waals surface area contributed by atoms with Gasteiger partial charge in [-0.05, 0) is 19.1 Å². The maximum absolute atomic E-state index is 12.6. The van der Waals surface area contributed by atoms with Gasteiger partial charge < -0.3 is 0 Å². The third-order valence-electron chi connectivity index (χ3n) is 3.41. The van der Waals surface area contributed by atoms with Crippen LogP contribution < -0.4 is 4.72 Å². The van der Waals surface area contributed by atoms with Crippen molar-refractivity contribution in [3.63, 3.8) is 0 Å². The lowest BCUT2D eigenvalue weighted by atomic mass is 10.2. The molecule has 3 rings (SSSR count). The number of nitrogens with zero attached hydrogens (tertiary/aromatic N) is 5. The molecule has 0 aliphatic rings. The fraction of sp³-hybridized carbons (Fsp3) is 0.214. The van der Waals surface area contributed by atoms with Gasteiger partial charge in [-0.2, -0.15) is 10.2 Å². The van der Waals surface area contributed by atoms with E-state index in [1.165, 1.54) is 4.68 Å². The van der Waals surface area contributed by atoms with Crippen molar-refractivity contribution in [2.24, 2.45) is 7.05 Å². The number of halogens is 1. The van der Waals surface area contributed by atoms with Gasteiger partial charge in [0.05, 0.1) is 5.69 Å². The predicted molar refractivity (Wildman–Crippen MR) is 88.3 cm³/mol. The number of sulfonamides is 1. The van der Waals surface area contributed by atoms with E-state index in [0.717, 1.165) is 0 Å². The van der Waals surface area contributed by atoms with E-state index in [2.05, 4.69) is 19.9 Å². The van der Waals surface area contributed by atoms with Crippen LogP contribution >= 0.6 is 11.6 Å². The van der Waals surface area contributed by atoms with Gasteiger partial charge in [-0.25, -0.2) is 22.8 Å². The molecule has 3 aromatic heterocycles. The highest BCUT2D eigenvalue weighted by Gasteiger charge is 2.25. The lowest BCUT2D eigenvalue weighted by Crippen LogP contribution is -2.25. The van der Waals surface area contributed by atoms with E-state index in [4.69, 9.17) is 11.6 Å². The summed E-state index contributed by atoms with van der Waals surface area (Å²) in [6, 6.07) is 5.28. The molecule has 0 bridgehead atoms. The van der Waals surface area contributed by atoms with Crippen LogP contribution in [0.3, 0.4) is 0 Å². The molecule has 0 saturated carbocycles. The average Bonchev–Trinajstić information content (AvgIpc) is 3.15. The molecule has 1 N–H and O–H groups in total. The van der Waals surface area contributed by atoms with Gasteiger partial charge in [-0.3, -0.25) is 4.68 Å². The summed E-state index contributed by atoms with van der Waals surface area (Å²) in [7, 11) is -2.22. The molecule has 8 nitrogen and oxygen atoms in total. The van der Waals surface area contributed by atoms with Gasteiger partial charge in [0.15, 0.2) is 5.82 Å². The van der Waals surface area contributed by atoms with Gasteiger partial charge in [0, 0.05) is 37.7 Å². The Labute approximate surface area is 144 Å². The molecule has 0 amide bonds. The lowest BCUT2D eigenvalue weighted by Gasteiger charge is -2.10. The van der Waals surface area contributed by atoms with Crippen molar-refractivity contribution in [2.45, 2.75) is 18.4 Å². The molecule has 0 radical (unpaired) electrons. The monoisotopic (exact) mass is 366 g/mol. The zero-order chi connectivity index (χ0) is 17.3. The Hall–Kier alpha value is -2.23. The molecular formula is C14H15ClN6O2S. The van der Waals surface area contributed by atoms with E-state index < -0.39 is 10.0 Å². The predicted octanol–water partition coefficient (Wildman–Crippen LogP) is 1.44. The van der Waals surface area contributed by atoms with E-state index in [1.807, 2.05) is 0 Å². The quantitative estimate of drug-likeness (QED) is 0.737. The molecule has 0 atom stereocenters. The van der Waals surface area contributed by atoms with Crippen molar-refractivity contribution < 1.29 is 8.42 Å². The van der Waals surface area contributed by atoms with Crippen molar-refractivity contribution in [3.8, 4) is 5.82 Å². The molecule has 126 valence electrons. The Bertz CT molecular complexity index is 965. The van der Waals surface area contributed by atoms with Crippen molar-refractivity contribution >= 4 is 21.6 Å². The van der Waals surface area contributed by atoms with Crippen molar-refractivity contribution in [1.29, 1.82) is 0 Å². The van der Waals surface area contributed by atoms with Crippen LogP contribution in [0.5, 0.6) is 0 Å². The molecule has 0 aliphatic heterocycles. The van der Waals surface area contributed by atoms with Crippen LogP contribution in [0.4, 0.5) is 0 Å². The third kappa shape index (κ3) is 3.05. The summed E-state index contributed by atoms with van der Waals surface area (Å²) in [5.74, 6) is 0.555. The second-order valence-electron chi connectivity index (χ2n) is 5.09. The Morgan fingerprint density at radius 1 is 1.29 bits per heavy atom. The normalized spacial score (nSPS) is 11.8. The lowest BCUT2D eigenvalue weighted by molar-refractivity contribution is 0.580. The molecule has 24 heavy (non-hydrogen) atoms. The summed E-state index contributed by atoms with van der Waals surface area (Å²) in [5.41, 5.74) is 1.02. The largest absolute Gasteiger partial charge is 0.255 e. The minimum Gasteiger partial charge on any atom is -0.255 e. The summed E-state index contributed by atoms with van der Waals surface area (Å²) in [6.07, 6.45) is 4.99. The highest BCUT2D eigenvalue weighted by atomic mass is 35.5. The Kier molecular flexibility index (Phi) is 4.39. The van der Waals surface area contributed by atoms with Crippen LogP contribution in [-0.2, 0) is 23.6 Å². The maximum atomic E-state index is 12.6. The summed E-state index contributed by atoms with van der Waals surface area (Å²) in [6.45, 7) is 1.65. The molecule has 0 spiro atoms. The van der Waals surface area contributed by atoms with E-state index in [1.54, 1.807) is 55.4 Å². The van der Waals surface area contributed by atoms with Gasteiger partial charge >= 0.3 is 0 Å². The van der Waals surface area contributed by atoms with Crippen LogP contribution in [0, 0.1) is 6.92 Å². The smallest absolute Gasteiger partial charge is 0.245 e. The summed E-state index contributed by atoms with van der Waals surface area (Å²) in [4.78, 5) is 4.24. The van der Waals surface area contributed by atoms with Gasteiger partial charge in [0.25, 0.3) is 0 Å². The summed E-state index contributed by atoms with van der Waals surface area (Å²) >= 11 is 6.05. The molecule has 3 aromatic rings. The van der Waals surface area contributed by atoms with Crippen LogP contribution in [0.25, 0.3) is 5.82 Å². The molecule has 10 heteroatoms. The van der Waals surface area contributed by atoms with Gasteiger partial charge in [-0.15, -0.1) is 0 Å². The number of hydrogen-bond donors (Lipinski definition) is 1. The third-order valence-corrected chi connectivity index (χ3v) is 5.51. The topological polar surface area (TPSA) is 94.7 Å². The number of aryl methyl sites for hydroxylation is 2. The number of rotatable bonds is 5. The minimum atomic E-state index is -3.81. The first-order chi connectivity index (χ1) is 11.4. The summed E-state index contributed by atoms with van der Waals surface area (Å²) in [5, 5.41) is 8.22. The first-order valence-electron chi connectivity index (χ1n) is 7.03. The highest BCUT2D eigenvalue weighted by Crippen LogP contribution is 2.24. The standard InChI is InChI=1S/C14H15ClN6O2S/c1-10-12(13(15)20(2)19-10)24(22,23)18-9-11-5-3-6-16-14(11)21-8-4-7-17-21/h3-8,18H,9H2,1-2H3. The zero-order valence-corrected chi connectivity index (χ0v) is 14.6. The second kappa shape index (κ2) is 6.34. The SMILES string of the molecule is Cc1nn(C)c(Cl)c1S(=O)(=O)NCc1cccnc1-n1cccn1. The Morgan fingerprint density at radius 3 is 2.71 bits per heavy atom. The number of aromatic nitrogens is 5. The Balaban J connectivity index is 1.89. The molecule has 0 aliphatic carbocycles. The maximum Gasteiger partial charge on any atom is 0.245 e. The number of pyridine rings is 1. The Morgan fingerprint density at radius 2 is 2.08 bits per heavy atom. The van der Waals surface area contributed by atoms with Gasteiger partial charge in [0.1, 0.15) is 10.0 Å². The summed E-state index contributed by atoms with van der Waals surface area (Å²) < 4.78 is 30.6. The average molecular weight is 367 g/mol. The van der Waals surface area contributed by atoms with Crippen LogP contribution in [0.2, 0.25) is 5.15 Å². The van der Waals surface area contributed by atoms with Crippen LogP contribution in [0.15, 0.2) is 41.7 Å². The second-order valence-corrected chi connectivity index (χ2v) is 7.15. The number of nitrogens with one attached hydrogen (secondary N) is 1. The molecular weight excluding hydrogens is 352 g/mol. The highest BCUT2D eigenvalue weighted by molar-refractivity contribution is 7.89. The van der Waals surface area contributed by atoms with E-state index in [-0.39, 0.29) is 16.6 Å². The van der Waals surface area contributed by atoms with E-state index >= 15 is 0 Å². The van der Waals surface area contributed by atoms with Crippen molar-refractivity contribution in [3.05, 3.63) is 53.2 Å². The zero-order valence-electron chi connectivity index (χ0n) is 13.0. The van der Waals surface area contributed by atoms with Crippen molar-refractivity contribution in [2.75, 3.05) is 0 Å². The van der Waals surface area contributed by atoms with E-state index in [0.29, 0.717) is 17.1 Å². The first-order valence-corrected chi connectivity index (χ1v) is 8.89. The van der Waals surface area contributed by atoms with Gasteiger partial charge in [-0.1, -0.05) is 17.7 Å². The molecule has 0 saturated heterocycles. The molecule has 0 unspecified atom stereocenters. The fourth-order valence-electron chi connectivity index (χ4n) is 2.33. The number of hydrogen-bond acceptors (Lipinski definition) is 5. The van der Waals surface area contributed by atoms with E-state index in [9.17, 15) is 8.42 Å². The fourth-order valence-corrected chi connectivity index (χ4v) is 4.08. The first kappa shape index (κ1) is 16.6. The molecule has 0 fully saturated rings. The van der Waals surface area contributed by atoms with Gasteiger partial charge in [0.2, 0.25) is 10.0 Å². The van der Waals surface area contributed by atoms with Crippen molar-refractivity contribution in [1.82, 2.24) is 29.3 Å².